The molecule has 0 fully saturated rings. The SMILES string of the molecule is Cc1ccc(C)c(NC(=O)CSc2nnc(CNC(=O)c3ccc(F)cc3)n2C)c1. The highest BCUT2D eigenvalue weighted by Gasteiger charge is 2.13. The lowest BCUT2D eigenvalue weighted by molar-refractivity contribution is -0.113. The van der Waals surface area contributed by atoms with E-state index in [1.54, 1.807) is 11.6 Å². The molecule has 3 aromatic rings. The number of anilines is 1. The lowest BCUT2D eigenvalue weighted by Crippen LogP contribution is -2.24. The molecule has 1 heterocycles. The predicted octanol–water partition coefficient (Wildman–Crippen LogP) is 3.23. The molecule has 0 aliphatic carbocycles. The zero-order valence-corrected chi connectivity index (χ0v) is 17.7. The first-order valence-electron chi connectivity index (χ1n) is 9.25. The second-order valence-corrected chi connectivity index (χ2v) is 7.75. The number of rotatable bonds is 7. The number of thioether (sulfide) groups is 1. The molecule has 0 atom stereocenters. The van der Waals surface area contributed by atoms with E-state index < -0.39 is 5.82 Å². The number of carbonyl (C=O) groups is 2. The number of aryl methyl sites for hydroxylation is 2. The molecule has 2 amide bonds. The van der Waals surface area contributed by atoms with Gasteiger partial charge in [-0.05, 0) is 55.3 Å². The van der Waals surface area contributed by atoms with Crippen LogP contribution in [0.4, 0.5) is 10.1 Å². The summed E-state index contributed by atoms with van der Waals surface area (Å²) < 4.78 is 14.7. The van der Waals surface area contributed by atoms with E-state index in [4.69, 9.17) is 0 Å². The van der Waals surface area contributed by atoms with Gasteiger partial charge in [-0.25, -0.2) is 4.39 Å². The van der Waals surface area contributed by atoms with Crippen molar-refractivity contribution in [3.05, 3.63) is 70.8 Å². The van der Waals surface area contributed by atoms with Crippen LogP contribution in [0.15, 0.2) is 47.6 Å². The molecule has 0 spiro atoms. The molecule has 0 radical (unpaired) electrons. The van der Waals surface area contributed by atoms with Crippen LogP contribution in [-0.4, -0.2) is 32.3 Å². The van der Waals surface area contributed by atoms with Crippen LogP contribution in [0.3, 0.4) is 0 Å². The number of carbonyl (C=O) groups excluding carboxylic acids is 2. The van der Waals surface area contributed by atoms with Crippen molar-refractivity contribution in [2.45, 2.75) is 25.5 Å². The Balaban J connectivity index is 1.53. The average molecular weight is 428 g/mol. The molecule has 156 valence electrons. The maximum atomic E-state index is 13.0. The molecule has 30 heavy (non-hydrogen) atoms. The van der Waals surface area contributed by atoms with E-state index in [1.165, 1.54) is 36.0 Å². The molecule has 1 aromatic heterocycles. The van der Waals surface area contributed by atoms with Crippen LogP contribution in [0.25, 0.3) is 0 Å². The summed E-state index contributed by atoms with van der Waals surface area (Å²) >= 11 is 1.26. The molecule has 9 heteroatoms. The summed E-state index contributed by atoms with van der Waals surface area (Å²) in [4.78, 5) is 24.4. The first kappa shape index (κ1) is 21.5. The van der Waals surface area contributed by atoms with Gasteiger partial charge in [-0.15, -0.1) is 10.2 Å². The summed E-state index contributed by atoms with van der Waals surface area (Å²) in [7, 11) is 1.77. The van der Waals surface area contributed by atoms with E-state index in [1.807, 2.05) is 32.0 Å². The standard InChI is InChI=1S/C21H22FN5O2S/c1-13-4-5-14(2)17(10-13)24-19(28)12-30-21-26-25-18(27(21)3)11-23-20(29)15-6-8-16(22)9-7-15/h4-10H,11-12H2,1-3H3,(H,23,29)(H,24,28). The molecule has 0 aliphatic rings. The normalized spacial score (nSPS) is 10.7. The van der Waals surface area contributed by atoms with E-state index >= 15 is 0 Å². The van der Waals surface area contributed by atoms with Crippen molar-refractivity contribution in [3.63, 3.8) is 0 Å². The maximum absolute atomic E-state index is 13.0. The smallest absolute Gasteiger partial charge is 0.251 e. The summed E-state index contributed by atoms with van der Waals surface area (Å²) in [5.41, 5.74) is 3.22. The van der Waals surface area contributed by atoms with E-state index in [-0.39, 0.29) is 24.1 Å². The van der Waals surface area contributed by atoms with E-state index in [9.17, 15) is 14.0 Å². The van der Waals surface area contributed by atoms with E-state index in [0.717, 1.165) is 16.8 Å². The van der Waals surface area contributed by atoms with Gasteiger partial charge in [0.25, 0.3) is 5.91 Å². The van der Waals surface area contributed by atoms with Gasteiger partial charge in [-0.1, -0.05) is 23.9 Å². The van der Waals surface area contributed by atoms with Crippen molar-refractivity contribution in [3.8, 4) is 0 Å². The van der Waals surface area contributed by atoms with Crippen molar-refractivity contribution in [2.75, 3.05) is 11.1 Å². The maximum Gasteiger partial charge on any atom is 0.251 e. The van der Waals surface area contributed by atoms with Crippen molar-refractivity contribution >= 4 is 29.3 Å². The molecule has 2 N–H and O–H groups in total. The highest BCUT2D eigenvalue weighted by molar-refractivity contribution is 7.99. The van der Waals surface area contributed by atoms with Gasteiger partial charge in [0.2, 0.25) is 5.91 Å². The molecule has 2 aromatic carbocycles. The second kappa shape index (κ2) is 9.53. The summed E-state index contributed by atoms with van der Waals surface area (Å²) in [6.07, 6.45) is 0. The number of amides is 2. The fourth-order valence-electron chi connectivity index (χ4n) is 2.67. The molecule has 0 unspecified atom stereocenters. The highest BCUT2D eigenvalue weighted by Crippen LogP contribution is 2.19. The minimum absolute atomic E-state index is 0.136. The number of aromatic nitrogens is 3. The quantitative estimate of drug-likeness (QED) is 0.565. The fraction of sp³-hybridized carbons (Fsp3) is 0.238. The van der Waals surface area contributed by atoms with Crippen molar-refractivity contribution in [1.29, 1.82) is 0 Å². The van der Waals surface area contributed by atoms with Gasteiger partial charge < -0.3 is 15.2 Å². The second-order valence-electron chi connectivity index (χ2n) is 6.80. The Morgan fingerprint density at radius 2 is 1.83 bits per heavy atom. The van der Waals surface area contributed by atoms with Crippen LogP contribution >= 0.6 is 11.8 Å². The van der Waals surface area contributed by atoms with Crippen LogP contribution in [-0.2, 0) is 18.4 Å². The predicted molar refractivity (Wildman–Crippen MR) is 114 cm³/mol. The Hall–Kier alpha value is -3.20. The molecular formula is C21H22FN5O2S. The topological polar surface area (TPSA) is 88.9 Å². The van der Waals surface area contributed by atoms with Crippen LogP contribution in [0.5, 0.6) is 0 Å². The Labute approximate surface area is 178 Å². The Bertz CT molecular complexity index is 1070. The summed E-state index contributed by atoms with van der Waals surface area (Å²) in [5, 5.41) is 14.4. The van der Waals surface area contributed by atoms with Crippen molar-refractivity contribution < 1.29 is 14.0 Å². The first-order chi connectivity index (χ1) is 14.3. The van der Waals surface area contributed by atoms with Gasteiger partial charge in [0.1, 0.15) is 5.82 Å². The Kier molecular flexibility index (Phi) is 6.83. The highest BCUT2D eigenvalue weighted by atomic mass is 32.2. The third kappa shape index (κ3) is 5.44. The lowest BCUT2D eigenvalue weighted by Gasteiger charge is -2.09. The van der Waals surface area contributed by atoms with Gasteiger partial charge in [0, 0.05) is 18.3 Å². The third-order valence-electron chi connectivity index (χ3n) is 4.44. The molecule has 0 aliphatic heterocycles. The largest absolute Gasteiger partial charge is 0.345 e. The minimum Gasteiger partial charge on any atom is -0.345 e. The number of nitrogens with zero attached hydrogens (tertiary/aromatic N) is 3. The zero-order valence-electron chi connectivity index (χ0n) is 16.9. The van der Waals surface area contributed by atoms with Crippen LogP contribution < -0.4 is 10.6 Å². The molecule has 3 rings (SSSR count). The molecule has 0 bridgehead atoms. The molecular weight excluding hydrogens is 405 g/mol. The van der Waals surface area contributed by atoms with Crippen LogP contribution in [0.2, 0.25) is 0 Å². The number of halogens is 1. The van der Waals surface area contributed by atoms with Crippen molar-refractivity contribution in [2.24, 2.45) is 7.05 Å². The summed E-state index contributed by atoms with van der Waals surface area (Å²) in [6.45, 7) is 4.08. The minimum atomic E-state index is -0.400. The Morgan fingerprint density at radius 1 is 1.10 bits per heavy atom. The van der Waals surface area contributed by atoms with Crippen LogP contribution in [0, 0.1) is 19.7 Å². The van der Waals surface area contributed by atoms with Gasteiger partial charge in [0.05, 0.1) is 12.3 Å². The van der Waals surface area contributed by atoms with Gasteiger partial charge >= 0.3 is 0 Å². The van der Waals surface area contributed by atoms with Gasteiger partial charge in [-0.3, -0.25) is 9.59 Å². The average Bonchev–Trinajstić information content (AvgIpc) is 3.07. The monoisotopic (exact) mass is 427 g/mol. The van der Waals surface area contributed by atoms with Gasteiger partial charge in [-0.2, -0.15) is 0 Å². The van der Waals surface area contributed by atoms with Crippen molar-refractivity contribution in [1.82, 2.24) is 20.1 Å². The van der Waals surface area contributed by atoms with Gasteiger partial charge in [0.15, 0.2) is 11.0 Å². The molecule has 0 saturated carbocycles. The molecule has 0 saturated heterocycles. The number of nitrogens with one attached hydrogen (secondary N) is 2. The first-order valence-corrected chi connectivity index (χ1v) is 10.2. The number of benzene rings is 2. The summed E-state index contributed by atoms with van der Waals surface area (Å²) in [5.74, 6) is -0.143. The number of hydrogen-bond donors (Lipinski definition) is 2. The lowest BCUT2D eigenvalue weighted by atomic mass is 10.1. The number of hydrogen-bond acceptors (Lipinski definition) is 5. The Morgan fingerprint density at radius 3 is 2.57 bits per heavy atom. The van der Waals surface area contributed by atoms with Crippen LogP contribution in [0.1, 0.15) is 27.3 Å². The third-order valence-corrected chi connectivity index (χ3v) is 5.46. The summed E-state index contributed by atoms with van der Waals surface area (Å²) in [6, 6.07) is 11.2. The fourth-order valence-corrected chi connectivity index (χ4v) is 3.40. The van der Waals surface area contributed by atoms with E-state index in [0.29, 0.717) is 16.5 Å². The zero-order chi connectivity index (χ0) is 21.7. The molecule has 7 nitrogen and oxygen atoms in total. The van der Waals surface area contributed by atoms with E-state index in [2.05, 4.69) is 20.8 Å².